The Hall–Kier alpha value is -2.14. The van der Waals surface area contributed by atoms with Crippen molar-refractivity contribution in [2.24, 2.45) is 45.3 Å². The summed E-state index contributed by atoms with van der Waals surface area (Å²) in [5, 5.41) is 87.1. The van der Waals surface area contributed by atoms with Crippen LogP contribution in [0.3, 0.4) is 0 Å². The van der Waals surface area contributed by atoms with Gasteiger partial charge in [0.25, 0.3) is 0 Å². The molecule has 18 nitrogen and oxygen atoms in total. The summed E-state index contributed by atoms with van der Waals surface area (Å²) in [5.41, 5.74) is 3.73. The maximum absolute atomic E-state index is 13.9. The van der Waals surface area contributed by atoms with Crippen molar-refractivity contribution in [2.75, 3.05) is 19.8 Å². The molecule has 68 heavy (non-hydrogen) atoms. The number of hydrogen-bond acceptors (Lipinski definition) is 17. The third-order valence-electron chi connectivity index (χ3n) is 18.2. The number of rotatable bonds is 16. The average molecular weight is 968 g/mol. The fraction of sp³-hybridized carbons (Fsp3) is 0.880. The molecule has 0 spiro atoms. The Balaban J connectivity index is 1.19. The Morgan fingerprint density at radius 3 is 2.10 bits per heavy atom. The van der Waals surface area contributed by atoms with Crippen LogP contribution in [0.1, 0.15) is 126 Å². The zero-order chi connectivity index (χ0) is 49.8. The summed E-state index contributed by atoms with van der Waals surface area (Å²) in [5.74, 6) is -0.439. The van der Waals surface area contributed by atoms with E-state index in [4.69, 9.17) is 33.3 Å². The lowest BCUT2D eigenvalue weighted by molar-refractivity contribution is -0.388. The van der Waals surface area contributed by atoms with Gasteiger partial charge in [0, 0.05) is 13.3 Å². The monoisotopic (exact) mass is 968 g/mol. The van der Waals surface area contributed by atoms with Crippen molar-refractivity contribution in [1.29, 1.82) is 0 Å². The van der Waals surface area contributed by atoms with Crippen molar-refractivity contribution >= 4 is 11.9 Å². The zero-order valence-corrected chi connectivity index (χ0v) is 41.3. The largest absolute Gasteiger partial charge is 0.481 e. The Morgan fingerprint density at radius 2 is 1.47 bits per heavy atom. The van der Waals surface area contributed by atoms with Crippen molar-refractivity contribution in [2.45, 2.75) is 212 Å². The van der Waals surface area contributed by atoms with Crippen LogP contribution < -0.4 is 5.48 Å². The van der Waals surface area contributed by atoms with E-state index in [1.54, 1.807) is 0 Å². The number of hydroxylamine groups is 1. The van der Waals surface area contributed by atoms with E-state index >= 15 is 0 Å². The van der Waals surface area contributed by atoms with Crippen LogP contribution in [-0.4, -0.2) is 159 Å². The molecule has 0 amide bonds. The Morgan fingerprint density at radius 1 is 0.809 bits per heavy atom. The van der Waals surface area contributed by atoms with Gasteiger partial charge in [-0.2, -0.15) is 0 Å². The van der Waals surface area contributed by atoms with Crippen molar-refractivity contribution in [3.8, 4) is 0 Å². The minimum atomic E-state index is -1.72. The predicted octanol–water partition coefficient (Wildman–Crippen LogP) is 3.01. The number of allylic oxidation sites excluding steroid dienone is 2. The maximum atomic E-state index is 13.9. The second-order valence-corrected chi connectivity index (χ2v) is 22.6. The van der Waals surface area contributed by atoms with Gasteiger partial charge >= 0.3 is 11.9 Å². The topological polar surface area (TPSA) is 273 Å². The molecule has 18 heteroatoms. The maximum Gasteiger partial charge on any atom is 0.321 e. The van der Waals surface area contributed by atoms with Gasteiger partial charge in [-0.15, -0.1) is 5.48 Å². The highest BCUT2D eigenvalue weighted by Crippen LogP contribution is 2.73. The van der Waals surface area contributed by atoms with Crippen LogP contribution in [0.4, 0.5) is 0 Å². The van der Waals surface area contributed by atoms with E-state index in [2.05, 4.69) is 60.5 Å². The average Bonchev–Trinajstić information content (AvgIpc) is 3.61. The predicted molar refractivity (Wildman–Crippen MR) is 243 cm³/mol. The first kappa shape index (κ1) is 53.7. The summed E-state index contributed by atoms with van der Waals surface area (Å²) in [4.78, 5) is 30.9. The number of aliphatic hydroxyl groups excluding tert-OH is 7. The van der Waals surface area contributed by atoms with E-state index in [9.17, 15) is 50.4 Å². The van der Waals surface area contributed by atoms with Gasteiger partial charge < -0.3 is 74.1 Å². The zero-order valence-electron chi connectivity index (χ0n) is 41.3. The van der Waals surface area contributed by atoms with Crippen molar-refractivity contribution in [3.05, 3.63) is 23.3 Å². The summed E-state index contributed by atoms with van der Waals surface area (Å²) in [6, 6.07) is -1.47. The molecule has 20 atom stereocenters. The third kappa shape index (κ3) is 9.51. The normalized spacial score (nSPS) is 45.2. The second kappa shape index (κ2) is 20.8. The van der Waals surface area contributed by atoms with Crippen LogP contribution in [0, 0.1) is 45.3 Å². The molecular formula is C50H81NO17. The number of carbonyl (C=O) groups excluding carboxylic acids is 1. The van der Waals surface area contributed by atoms with Crippen molar-refractivity contribution in [3.63, 3.8) is 0 Å². The number of nitrogens with one attached hydrogen (secondary N) is 1. The summed E-state index contributed by atoms with van der Waals surface area (Å²) in [7, 11) is 0. The molecule has 0 bridgehead atoms. The van der Waals surface area contributed by atoms with Crippen LogP contribution in [0.15, 0.2) is 23.3 Å². The minimum Gasteiger partial charge on any atom is -0.481 e. The molecule has 3 heterocycles. The van der Waals surface area contributed by atoms with E-state index in [1.807, 2.05) is 0 Å². The van der Waals surface area contributed by atoms with Gasteiger partial charge in [0.05, 0.1) is 37.4 Å². The Labute approximate surface area is 400 Å². The van der Waals surface area contributed by atoms with Crippen LogP contribution in [0.2, 0.25) is 0 Å². The summed E-state index contributed by atoms with van der Waals surface area (Å²) < 4.78 is 37.8. The molecule has 16 unspecified atom stereocenters. The number of carboxylic acid groups (broad SMARTS) is 1. The minimum absolute atomic E-state index is 0.0354. The smallest absolute Gasteiger partial charge is 0.321 e. The number of carboxylic acids is 1. The molecule has 0 aromatic rings. The number of aliphatic hydroxyl groups is 7. The van der Waals surface area contributed by atoms with E-state index in [1.165, 1.54) is 11.1 Å². The van der Waals surface area contributed by atoms with Crippen LogP contribution in [0.5, 0.6) is 0 Å². The number of ether oxygens (including phenoxy) is 6. The fourth-order valence-electron chi connectivity index (χ4n) is 14.2. The first-order valence-corrected chi connectivity index (χ1v) is 25.0. The lowest BCUT2D eigenvalue weighted by Crippen LogP contribution is -2.68. The number of carbonyl (C=O) groups is 2. The fourth-order valence-corrected chi connectivity index (χ4v) is 14.2. The molecule has 5 fully saturated rings. The van der Waals surface area contributed by atoms with E-state index in [-0.39, 0.29) is 30.3 Å². The molecule has 7 aliphatic rings. The first-order chi connectivity index (χ1) is 32.0. The van der Waals surface area contributed by atoms with Crippen LogP contribution in [0.25, 0.3) is 0 Å². The van der Waals surface area contributed by atoms with Crippen molar-refractivity contribution in [1.82, 2.24) is 5.48 Å². The molecule has 9 N–H and O–H groups in total. The molecule has 0 aromatic carbocycles. The number of hydrogen-bond donors (Lipinski definition) is 9. The number of fused-ring (bicyclic) bond motifs is 4. The molecule has 3 aliphatic heterocycles. The molecular weight excluding hydrogens is 887 g/mol. The molecule has 7 rings (SSSR count). The van der Waals surface area contributed by atoms with Gasteiger partial charge in [-0.1, -0.05) is 71.8 Å². The standard InChI is InChI=1S/C50H81NO17/c1-24(2)25(3)10-11-26(4)29-15-19-50(46(60)61)31-12-13-35-47(6,7)36(16-17-48(35,8)30(31)14-18-49(29,50)9)65-45-42(67-44-37(51-68-27(5)54)40(59)38(57)33(21-52)63-44)41(39(58)34(22-53)64-45)66-43-32(56)20-28(55)23-62-43/h24,26,28-29,32-45,51-53,55-59H,3,10-23H2,1-2,4-9H3,(H,60,61)/t26?,28?,29-,32?,33?,34?,35?,36+,37?,38?,39?,40?,41?,42?,43?,44?,45?,48-,49-,50?/m1/s1. The van der Waals surface area contributed by atoms with Gasteiger partial charge in [0.2, 0.25) is 0 Å². The lowest BCUT2D eigenvalue weighted by atomic mass is 9.43. The molecule has 4 aliphatic carbocycles. The third-order valence-corrected chi connectivity index (χ3v) is 18.2. The lowest BCUT2D eigenvalue weighted by Gasteiger charge is -2.62. The highest BCUT2D eigenvalue weighted by Gasteiger charge is 2.69. The Bertz CT molecular complexity index is 1850. The van der Waals surface area contributed by atoms with Gasteiger partial charge in [-0.05, 0) is 104 Å². The SMILES string of the molecule is C=C(CCC(C)[C@H]1CCC2(C(=O)O)C3=C(CC[C@]12C)[C@@]1(C)CC[C@H](OC2OC(CO)C(O)C(OC4OCC(O)CC4O)C2OC2OC(CO)C(O)C(O)C2NOC(C)=O)C(C)(C)C1CC3)C(C)C. The molecule has 388 valence electrons. The quantitative estimate of drug-likeness (QED) is 0.0795. The van der Waals surface area contributed by atoms with Gasteiger partial charge in [-0.25, -0.2) is 0 Å². The second-order valence-electron chi connectivity index (χ2n) is 22.6. The summed E-state index contributed by atoms with van der Waals surface area (Å²) in [6.45, 7) is 19.3. The number of aliphatic carboxylic acids is 1. The molecule has 0 aromatic heterocycles. The van der Waals surface area contributed by atoms with E-state index in [0.717, 1.165) is 51.0 Å². The van der Waals surface area contributed by atoms with Crippen molar-refractivity contribution < 1.29 is 83.7 Å². The van der Waals surface area contributed by atoms with Crippen LogP contribution in [-0.2, 0) is 42.8 Å². The van der Waals surface area contributed by atoms with E-state index in [0.29, 0.717) is 37.5 Å². The highest BCUT2D eigenvalue weighted by molar-refractivity contribution is 5.82. The van der Waals surface area contributed by atoms with E-state index < -0.39 is 127 Å². The van der Waals surface area contributed by atoms with Gasteiger partial charge in [-0.3, -0.25) is 9.59 Å². The van der Waals surface area contributed by atoms with Gasteiger partial charge in [0.15, 0.2) is 18.9 Å². The summed E-state index contributed by atoms with van der Waals surface area (Å²) >= 11 is 0. The summed E-state index contributed by atoms with van der Waals surface area (Å²) in [6.07, 6.45) is -10.5. The highest BCUT2D eigenvalue weighted by atomic mass is 16.8. The molecule has 2 saturated carbocycles. The Kier molecular flexibility index (Phi) is 16.4. The molecule has 3 saturated heterocycles. The molecule has 0 radical (unpaired) electrons. The van der Waals surface area contributed by atoms with Gasteiger partial charge in [0.1, 0.15) is 54.9 Å². The van der Waals surface area contributed by atoms with Crippen LogP contribution >= 0.6 is 0 Å². The first-order valence-electron chi connectivity index (χ1n) is 25.0.